The summed E-state index contributed by atoms with van der Waals surface area (Å²) in [6.07, 6.45) is 6.51. The summed E-state index contributed by atoms with van der Waals surface area (Å²) in [5, 5.41) is 3.15. The topological polar surface area (TPSA) is 35.6 Å². The molecule has 1 aromatic carbocycles. The van der Waals surface area contributed by atoms with Crippen molar-refractivity contribution >= 4 is 5.91 Å². The van der Waals surface area contributed by atoms with Gasteiger partial charge in [0.25, 0.3) is 0 Å². The van der Waals surface area contributed by atoms with Crippen LogP contribution in [0.15, 0.2) is 30.3 Å². The third kappa shape index (κ3) is 4.81. The fraction of sp³-hybridized carbons (Fsp3) is 0.650. The van der Waals surface area contributed by atoms with Crippen molar-refractivity contribution in [3.8, 4) is 0 Å². The molecule has 0 aromatic heterocycles. The zero-order chi connectivity index (χ0) is 16.8. The molecular weight excluding hydrogens is 298 g/mol. The summed E-state index contributed by atoms with van der Waals surface area (Å²) in [7, 11) is 0. The average Bonchev–Trinajstić information content (AvgIpc) is 3.03. The Morgan fingerprint density at radius 1 is 1.12 bits per heavy atom. The minimum Gasteiger partial charge on any atom is -0.348 e. The lowest BCUT2D eigenvalue weighted by atomic mass is 10.1. The van der Waals surface area contributed by atoms with Crippen molar-refractivity contribution in [1.82, 2.24) is 15.1 Å². The van der Waals surface area contributed by atoms with Crippen LogP contribution in [0.5, 0.6) is 0 Å². The van der Waals surface area contributed by atoms with Gasteiger partial charge in [0.15, 0.2) is 0 Å². The molecule has 132 valence electrons. The lowest BCUT2D eigenvalue weighted by molar-refractivity contribution is -0.123. The number of benzene rings is 1. The highest BCUT2D eigenvalue weighted by atomic mass is 16.2. The van der Waals surface area contributed by atoms with Crippen LogP contribution in [-0.2, 0) is 4.79 Å². The molecule has 1 aromatic rings. The first-order valence-corrected chi connectivity index (χ1v) is 9.53. The van der Waals surface area contributed by atoms with Gasteiger partial charge < -0.3 is 10.2 Å². The minimum atomic E-state index is 0.0712. The standard InChI is InChI=1S/C20H31N3O/c1-17(18-9-4-2-5-10-18)21-20(24)16-23-14-8-11-19(23)15-22-12-6-3-7-13-22/h2,4-5,9-10,17,19H,3,6-8,11-16H2,1H3,(H,21,24). The Hall–Kier alpha value is -1.39. The molecule has 24 heavy (non-hydrogen) atoms. The normalized spacial score (nSPS) is 24.0. The van der Waals surface area contributed by atoms with E-state index in [9.17, 15) is 4.79 Å². The third-order valence-corrected chi connectivity index (χ3v) is 5.44. The molecule has 0 radical (unpaired) electrons. The molecular formula is C20H31N3O. The van der Waals surface area contributed by atoms with Crippen LogP contribution < -0.4 is 5.32 Å². The van der Waals surface area contributed by atoms with Crippen LogP contribution >= 0.6 is 0 Å². The number of hydrogen-bond donors (Lipinski definition) is 1. The van der Waals surface area contributed by atoms with Crippen molar-refractivity contribution in [3.05, 3.63) is 35.9 Å². The fourth-order valence-electron chi connectivity index (χ4n) is 4.05. The van der Waals surface area contributed by atoms with E-state index in [1.54, 1.807) is 0 Å². The Bertz CT molecular complexity index is 513. The molecule has 2 unspecified atom stereocenters. The van der Waals surface area contributed by atoms with E-state index in [-0.39, 0.29) is 11.9 Å². The second-order valence-corrected chi connectivity index (χ2v) is 7.33. The van der Waals surface area contributed by atoms with Crippen LogP contribution in [0.3, 0.4) is 0 Å². The van der Waals surface area contributed by atoms with Crippen molar-refractivity contribution in [1.29, 1.82) is 0 Å². The highest BCUT2D eigenvalue weighted by Gasteiger charge is 2.28. The van der Waals surface area contributed by atoms with Crippen LogP contribution in [0.4, 0.5) is 0 Å². The third-order valence-electron chi connectivity index (χ3n) is 5.44. The van der Waals surface area contributed by atoms with Gasteiger partial charge in [0.1, 0.15) is 0 Å². The van der Waals surface area contributed by atoms with E-state index in [0.29, 0.717) is 12.6 Å². The van der Waals surface area contributed by atoms with Gasteiger partial charge >= 0.3 is 0 Å². The molecule has 2 aliphatic heterocycles. The molecule has 0 spiro atoms. The molecule has 0 aliphatic carbocycles. The number of rotatable bonds is 6. The molecule has 2 saturated heterocycles. The predicted octanol–water partition coefficient (Wildman–Crippen LogP) is 2.81. The van der Waals surface area contributed by atoms with Gasteiger partial charge in [0, 0.05) is 12.6 Å². The summed E-state index contributed by atoms with van der Waals surface area (Å²) < 4.78 is 0. The van der Waals surface area contributed by atoms with E-state index in [1.807, 2.05) is 18.2 Å². The highest BCUT2D eigenvalue weighted by molar-refractivity contribution is 5.78. The largest absolute Gasteiger partial charge is 0.348 e. The van der Waals surface area contributed by atoms with Crippen LogP contribution in [-0.4, -0.2) is 54.5 Å². The van der Waals surface area contributed by atoms with E-state index < -0.39 is 0 Å². The van der Waals surface area contributed by atoms with E-state index in [2.05, 4.69) is 34.2 Å². The summed E-state index contributed by atoms with van der Waals surface area (Å²) >= 11 is 0. The highest BCUT2D eigenvalue weighted by Crippen LogP contribution is 2.20. The smallest absolute Gasteiger partial charge is 0.234 e. The molecule has 4 heteroatoms. The van der Waals surface area contributed by atoms with Crippen molar-refractivity contribution < 1.29 is 4.79 Å². The number of likely N-dealkylation sites (tertiary alicyclic amines) is 2. The minimum absolute atomic E-state index is 0.0712. The molecule has 0 saturated carbocycles. The molecule has 2 aliphatic rings. The SMILES string of the molecule is CC(NC(=O)CN1CCCC1CN1CCCCC1)c1ccccc1. The van der Waals surface area contributed by atoms with Crippen LogP contribution in [0, 0.1) is 0 Å². The lowest BCUT2D eigenvalue weighted by Gasteiger charge is -2.32. The summed E-state index contributed by atoms with van der Waals surface area (Å²) in [4.78, 5) is 17.4. The molecule has 2 fully saturated rings. The molecule has 0 bridgehead atoms. The van der Waals surface area contributed by atoms with E-state index in [4.69, 9.17) is 0 Å². The number of amides is 1. The Balaban J connectivity index is 1.47. The first kappa shape index (κ1) is 17.4. The van der Waals surface area contributed by atoms with Crippen LogP contribution in [0.2, 0.25) is 0 Å². The Morgan fingerprint density at radius 3 is 2.62 bits per heavy atom. The Kier molecular flexibility index (Phi) is 6.27. The molecule has 1 N–H and O–H groups in total. The molecule has 1 amide bonds. The Labute approximate surface area is 146 Å². The molecule has 2 heterocycles. The zero-order valence-corrected chi connectivity index (χ0v) is 14.9. The van der Waals surface area contributed by atoms with Gasteiger partial charge in [-0.25, -0.2) is 0 Å². The van der Waals surface area contributed by atoms with Gasteiger partial charge in [-0.1, -0.05) is 36.8 Å². The predicted molar refractivity (Wildman–Crippen MR) is 97.9 cm³/mol. The van der Waals surface area contributed by atoms with Crippen LogP contribution in [0.1, 0.15) is 50.6 Å². The van der Waals surface area contributed by atoms with Crippen LogP contribution in [0.25, 0.3) is 0 Å². The fourth-order valence-corrected chi connectivity index (χ4v) is 4.05. The second-order valence-electron chi connectivity index (χ2n) is 7.33. The maximum atomic E-state index is 12.5. The summed E-state index contributed by atoms with van der Waals surface area (Å²) in [6, 6.07) is 10.8. The number of hydrogen-bond acceptors (Lipinski definition) is 3. The number of nitrogens with zero attached hydrogens (tertiary/aromatic N) is 2. The Morgan fingerprint density at radius 2 is 1.88 bits per heavy atom. The van der Waals surface area contributed by atoms with Gasteiger partial charge in [-0.05, 0) is 57.8 Å². The van der Waals surface area contributed by atoms with Gasteiger partial charge in [0.2, 0.25) is 5.91 Å². The van der Waals surface area contributed by atoms with Gasteiger partial charge in [0.05, 0.1) is 12.6 Å². The van der Waals surface area contributed by atoms with Gasteiger partial charge in [-0.3, -0.25) is 9.69 Å². The van der Waals surface area contributed by atoms with E-state index in [1.165, 1.54) is 45.2 Å². The maximum absolute atomic E-state index is 12.5. The first-order chi connectivity index (χ1) is 11.7. The number of piperidine rings is 1. The van der Waals surface area contributed by atoms with E-state index in [0.717, 1.165) is 18.7 Å². The first-order valence-electron chi connectivity index (χ1n) is 9.53. The van der Waals surface area contributed by atoms with E-state index >= 15 is 0 Å². The average molecular weight is 329 g/mol. The zero-order valence-electron chi connectivity index (χ0n) is 14.9. The second kappa shape index (κ2) is 8.63. The lowest BCUT2D eigenvalue weighted by Crippen LogP contribution is -2.46. The summed E-state index contributed by atoms with van der Waals surface area (Å²) in [5.41, 5.74) is 1.16. The summed E-state index contributed by atoms with van der Waals surface area (Å²) in [5.74, 6) is 0.150. The van der Waals surface area contributed by atoms with Crippen molar-refractivity contribution in [2.45, 2.75) is 51.1 Å². The molecule has 3 rings (SSSR count). The number of carbonyl (C=O) groups excluding carboxylic acids is 1. The quantitative estimate of drug-likeness (QED) is 0.872. The van der Waals surface area contributed by atoms with Crippen molar-refractivity contribution in [3.63, 3.8) is 0 Å². The molecule has 4 nitrogen and oxygen atoms in total. The van der Waals surface area contributed by atoms with Gasteiger partial charge in [-0.15, -0.1) is 0 Å². The van der Waals surface area contributed by atoms with Crippen molar-refractivity contribution in [2.75, 3.05) is 32.7 Å². The maximum Gasteiger partial charge on any atom is 0.234 e. The number of nitrogens with one attached hydrogen (secondary N) is 1. The van der Waals surface area contributed by atoms with Crippen molar-refractivity contribution in [2.24, 2.45) is 0 Å². The van der Waals surface area contributed by atoms with Gasteiger partial charge in [-0.2, -0.15) is 0 Å². The molecule has 2 atom stereocenters. The number of carbonyl (C=O) groups is 1. The summed E-state index contributed by atoms with van der Waals surface area (Å²) in [6.45, 7) is 7.27. The monoisotopic (exact) mass is 329 g/mol.